The Kier molecular flexibility index (Phi) is 13.1. The molecule has 0 aliphatic rings. The van der Waals surface area contributed by atoms with Gasteiger partial charge in [0.25, 0.3) is 0 Å². The molecule has 0 fully saturated rings. The van der Waals surface area contributed by atoms with Crippen molar-refractivity contribution in [2.24, 2.45) is 0 Å². The largest absolute Gasteiger partial charge is 0.484 e. The minimum Gasteiger partial charge on any atom is -0.484 e. The second-order valence-electron chi connectivity index (χ2n) is 11.4. The molecular formula is C29H50O2S. The van der Waals surface area contributed by atoms with E-state index >= 15 is 0 Å². The molecule has 32 heavy (non-hydrogen) atoms. The fraction of sp³-hybridized carbons (Fsp3) is 0.759. The highest BCUT2D eigenvalue weighted by Gasteiger charge is 2.24. The Morgan fingerprint density at radius 1 is 0.750 bits per heavy atom. The van der Waals surface area contributed by atoms with Crippen LogP contribution in [0, 0.1) is 0 Å². The number of aliphatic hydroxyl groups is 1. The molecule has 0 heterocycles. The lowest BCUT2D eigenvalue weighted by atomic mass is 9.79. The summed E-state index contributed by atoms with van der Waals surface area (Å²) in [7, 11) is 0. The normalized spacial score (nSPS) is 13.2. The van der Waals surface area contributed by atoms with Crippen LogP contribution in [-0.2, 0) is 15.6 Å². The van der Waals surface area contributed by atoms with Crippen LogP contribution in [0.25, 0.3) is 0 Å². The van der Waals surface area contributed by atoms with Gasteiger partial charge in [-0.1, -0.05) is 131 Å². The monoisotopic (exact) mass is 462 g/mol. The number of ether oxygens (including phenoxy) is 1. The summed E-state index contributed by atoms with van der Waals surface area (Å²) in [4.78, 5) is 0. The van der Waals surface area contributed by atoms with Crippen molar-refractivity contribution in [3.8, 4) is 0 Å². The topological polar surface area (TPSA) is 29.5 Å². The van der Waals surface area contributed by atoms with E-state index in [0.717, 1.165) is 12.0 Å². The molecule has 1 atom stereocenters. The van der Waals surface area contributed by atoms with Crippen LogP contribution >= 0.6 is 12.2 Å². The van der Waals surface area contributed by atoms with Gasteiger partial charge < -0.3 is 9.84 Å². The first-order valence-electron chi connectivity index (χ1n) is 13.0. The van der Waals surface area contributed by atoms with E-state index in [1.807, 2.05) is 0 Å². The SMILES string of the molecule is CCCCCCCCCCCCCOC(=S)C(O)c1cc(C(C)(C)C)cc(C(C)(C)C)c1. The average molecular weight is 463 g/mol. The summed E-state index contributed by atoms with van der Waals surface area (Å²) in [5, 5.41) is 11.2. The lowest BCUT2D eigenvalue weighted by Gasteiger charge is -2.27. The number of hydrogen-bond donors (Lipinski definition) is 1. The molecule has 0 radical (unpaired) electrons. The third-order valence-corrected chi connectivity index (χ3v) is 6.56. The molecule has 1 aromatic rings. The van der Waals surface area contributed by atoms with Crippen molar-refractivity contribution in [2.75, 3.05) is 6.61 Å². The summed E-state index contributed by atoms with van der Waals surface area (Å²) in [5.74, 6) is 0. The lowest BCUT2D eigenvalue weighted by molar-refractivity contribution is 0.192. The van der Waals surface area contributed by atoms with Crippen LogP contribution in [0.2, 0.25) is 0 Å². The summed E-state index contributed by atoms with van der Waals surface area (Å²) in [6, 6.07) is 6.42. The highest BCUT2D eigenvalue weighted by molar-refractivity contribution is 7.80. The maximum absolute atomic E-state index is 10.9. The van der Waals surface area contributed by atoms with Crippen molar-refractivity contribution < 1.29 is 9.84 Å². The zero-order valence-electron chi connectivity index (χ0n) is 22.1. The quantitative estimate of drug-likeness (QED) is 0.221. The van der Waals surface area contributed by atoms with E-state index in [9.17, 15) is 5.11 Å². The third-order valence-electron chi connectivity index (χ3n) is 6.22. The minimum absolute atomic E-state index is 0.00765. The Morgan fingerprint density at radius 3 is 1.56 bits per heavy atom. The molecule has 0 aliphatic carbocycles. The summed E-state index contributed by atoms with van der Waals surface area (Å²) in [6.45, 7) is 16.1. The van der Waals surface area contributed by atoms with E-state index in [2.05, 4.69) is 66.7 Å². The van der Waals surface area contributed by atoms with Crippen molar-refractivity contribution in [3.63, 3.8) is 0 Å². The van der Waals surface area contributed by atoms with Gasteiger partial charge in [0.1, 0.15) is 6.10 Å². The first kappa shape index (κ1) is 29.1. The van der Waals surface area contributed by atoms with Crippen molar-refractivity contribution in [1.82, 2.24) is 0 Å². The zero-order chi connectivity index (χ0) is 24.2. The van der Waals surface area contributed by atoms with Crippen LogP contribution in [0.3, 0.4) is 0 Å². The third kappa shape index (κ3) is 11.3. The standard InChI is InChI=1S/C29H50O2S/c1-8-9-10-11-12-13-14-15-16-17-18-19-31-27(32)26(30)23-20-24(28(2,3)4)22-25(21-23)29(5,6)7/h20-22,26,30H,8-19H2,1-7H3. The van der Waals surface area contributed by atoms with E-state index in [0.29, 0.717) is 11.7 Å². The average Bonchev–Trinajstić information content (AvgIpc) is 2.72. The van der Waals surface area contributed by atoms with Gasteiger partial charge in [-0.15, -0.1) is 0 Å². The summed E-state index contributed by atoms with van der Waals surface area (Å²) >= 11 is 5.44. The van der Waals surface area contributed by atoms with Gasteiger partial charge in [-0.3, -0.25) is 0 Å². The maximum Gasteiger partial charge on any atom is 0.193 e. The van der Waals surface area contributed by atoms with Crippen molar-refractivity contribution in [2.45, 2.75) is 136 Å². The molecule has 0 bridgehead atoms. The fourth-order valence-electron chi connectivity index (χ4n) is 3.83. The van der Waals surface area contributed by atoms with Gasteiger partial charge in [0.15, 0.2) is 5.05 Å². The Labute approximate surface area is 204 Å². The van der Waals surface area contributed by atoms with Gasteiger partial charge in [-0.25, -0.2) is 0 Å². The molecular weight excluding hydrogens is 412 g/mol. The molecule has 1 unspecified atom stereocenters. The number of hydrogen-bond acceptors (Lipinski definition) is 3. The van der Waals surface area contributed by atoms with E-state index in [4.69, 9.17) is 17.0 Å². The minimum atomic E-state index is -0.860. The molecule has 0 aromatic heterocycles. The fourth-order valence-corrected chi connectivity index (χ4v) is 4.05. The molecule has 1 aromatic carbocycles. The Bertz CT molecular complexity index is 634. The van der Waals surface area contributed by atoms with Crippen molar-refractivity contribution >= 4 is 17.3 Å². The molecule has 1 N–H and O–H groups in total. The van der Waals surface area contributed by atoms with Crippen LogP contribution in [0.1, 0.15) is 142 Å². The molecule has 0 amide bonds. The summed E-state index contributed by atoms with van der Waals surface area (Å²) in [5.41, 5.74) is 3.28. The number of benzene rings is 1. The van der Waals surface area contributed by atoms with Crippen molar-refractivity contribution in [1.29, 1.82) is 0 Å². The Morgan fingerprint density at radius 2 is 1.16 bits per heavy atom. The second-order valence-corrected chi connectivity index (χ2v) is 11.9. The molecule has 0 aliphatic heterocycles. The van der Waals surface area contributed by atoms with Gasteiger partial charge in [0.05, 0.1) is 6.61 Å². The van der Waals surface area contributed by atoms with Gasteiger partial charge in [-0.05, 0) is 46.2 Å². The van der Waals surface area contributed by atoms with E-state index < -0.39 is 6.10 Å². The first-order valence-corrected chi connectivity index (χ1v) is 13.4. The van der Waals surface area contributed by atoms with Gasteiger partial charge >= 0.3 is 0 Å². The molecule has 0 saturated carbocycles. The highest BCUT2D eigenvalue weighted by atomic mass is 32.1. The van der Waals surface area contributed by atoms with Gasteiger partial charge in [-0.2, -0.15) is 0 Å². The maximum atomic E-state index is 10.9. The van der Waals surface area contributed by atoms with Crippen LogP contribution < -0.4 is 0 Å². The summed E-state index contributed by atoms with van der Waals surface area (Å²) < 4.78 is 5.77. The Hall–Kier alpha value is -0.930. The second kappa shape index (κ2) is 14.4. The molecule has 184 valence electrons. The first-order chi connectivity index (χ1) is 15.0. The van der Waals surface area contributed by atoms with Crippen LogP contribution in [0.15, 0.2) is 18.2 Å². The highest BCUT2D eigenvalue weighted by Crippen LogP contribution is 2.32. The number of rotatable bonds is 14. The van der Waals surface area contributed by atoms with Gasteiger partial charge in [0, 0.05) is 0 Å². The molecule has 3 heteroatoms. The van der Waals surface area contributed by atoms with E-state index in [1.54, 1.807) is 0 Å². The predicted octanol–water partition coefficient (Wildman–Crippen LogP) is 8.97. The zero-order valence-corrected chi connectivity index (χ0v) is 22.9. The summed E-state index contributed by atoms with van der Waals surface area (Å²) in [6.07, 6.45) is 13.5. The van der Waals surface area contributed by atoms with Crippen LogP contribution in [-0.4, -0.2) is 16.8 Å². The lowest BCUT2D eigenvalue weighted by Crippen LogP contribution is -2.20. The molecule has 0 saturated heterocycles. The molecule has 0 spiro atoms. The van der Waals surface area contributed by atoms with Crippen LogP contribution in [0.5, 0.6) is 0 Å². The molecule has 1 rings (SSSR count). The van der Waals surface area contributed by atoms with E-state index in [-0.39, 0.29) is 10.8 Å². The van der Waals surface area contributed by atoms with Crippen LogP contribution in [0.4, 0.5) is 0 Å². The smallest absolute Gasteiger partial charge is 0.193 e. The number of thiocarbonyl (C=S) groups is 1. The Balaban J connectivity index is 2.41. The predicted molar refractivity (Wildman–Crippen MR) is 144 cm³/mol. The number of aliphatic hydroxyl groups excluding tert-OH is 1. The van der Waals surface area contributed by atoms with Gasteiger partial charge in [0.2, 0.25) is 0 Å². The van der Waals surface area contributed by atoms with Crippen molar-refractivity contribution in [3.05, 3.63) is 34.9 Å². The number of unbranched alkanes of at least 4 members (excludes halogenated alkanes) is 10. The van der Waals surface area contributed by atoms with E-state index in [1.165, 1.54) is 75.3 Å². The molecule has 2 nitrogen and oxygen atoms in total.